The van der Waals surface area contributed by atoms with Crippen LogP contribution in [0, 0.1) is 59.2 Å². The van der Waals surface area contributed by atoms with Gasteiger partial charge in [0.15, 0.2) is 23.4 Å². The molecule has 0 saturated carbocycles. The van der Waals surface area contributed by atoms with Crippen molar-refractivity contribution in [3.05, 3.63) is 158 Å². The van der Waals surface area contributed by atoms with Crippen molar-refractivity contribution in [3.8, 4) is 0 Å². The molecule has 3 rings (SSSR count). The lowest BCUT2D eigenvalue weighted by molar-refractivity contribution is -0.163. The maximum atomic E-state index is 13.3. The van der Waals surface area contributed by atoms with Crippen molar-refractivity contribution >= 4 is 34.9 Å². The highest BCUT2D eigenvalue weighted by atomic mass is 16.5. The van der Waals surface area contributed by atoms with Crippen LogP contribution in [0.1, 0.15) is 200 Å². The summed E-state index contributed by atoms with van der Waals surface area (Å²) in [5, 5.41) is 0. The van der Waals surface area contributed by atoms with Gasteiger partial charge in [0.25, 0.3) is 5.91 Å². The van der Waals surface area contributed by atoms with E-state index in [4.69, 9.17) is 9.47 Å². The largest absolute Gasteiger partial charge is 0.480 e. The van der Waals surface area contributed by atoms with Crippen LogP contribution in [0.15, 0.2) is 147 Å². The number of hydrogen-bond acceptors (Lipinski definition) is 9. The third-order valence-corrected chi connectivity index (χ3v) is 16.1. The quantitative estimate of drug-likeness (QED) is 0.0219. The predicted molar refractivity (Wildman–Crippen MR) is 383 cm³/mol. The number of amides is 1. The van der Waals surface area contributed by atoms with E-state index in [1.165, 1.54) is 35.6 Å². The second-order valence-electron chi connectivity index (χ2n) is 25.9. The Morgan fingerprint density at radius 2 is 1.20 bits per heavy atom. The number of carbonyl (C=O) groups excluding carboxylic acids is 5. The van der Waals surface area contributed by atoms with Gasteiger partial charge >= 0.3 is 5.97 Å². The number of nitrogens with zero attached hydrogens (tertiary/aromatic N) is 3. The van der Waals surface area contributed by atoms with Crippen LogP contribution in [0.4, 0.5) is 5.69 Å². The van der Waals surface area contributed by atoms with E-state index in [2.05, 4.69) is 153 Å². The van der Waals surface area contributed by atoms with Crippen molar-refractivity contribution in [2.45, 2.75) is 226 Å². The van der Waals surface area contributed by atoms with Crippen LogP contribution in [0.5, 0.6) is 0 Å². The number of allylic oxidation sites excluding steroid dienone is 3. The van der Waals surface area contributed by atoms with Crippen molar-refractivity contribution in [3.63, 3.8) is 0 Å². The van der Waals surface area contributed by atoms with Crippen LogP contribution >= 0.6 is 0 Å². The Bertz CT molecular complexity index is 2600. The topological polar surface area (TPSA) is 114 Å². The molecule has 1 heterocycles. The van der Waals surface area contributed by atoms with Crippen LogP contribution < -0.4 is 4.90 Å². The number of rotatable bonds is 35. The standard InChI is InChI=1S/C35H52N2O.C25H37NO4.C16H26O2.2C2H6/c1-12-30(13-2)29(10)38-35(15-4)34(20-25(5)6)36(11)32(14-3)28(9)22-31-18-16-17-19-33(31)37-23-26(7)21-27(8)24-37;1-8-21(14-17(2)3)25(29)30-23(16-20-12-10-9-11-13-20)24(28)26(7)22(19(6)27)15-18(4)5;1-6-13(5)16(18)10-8-9-14(11-12(3)4)15(17)7-2;2*1-2/h16-19,25-29,34H,1,3-4,13,20-24H2,2,5-11H3;8-13,17-18,21-23H,1,14-16H2,2-7H3;6-7,12-14H,1-2,8-11H2,3-5H3;2*1-2H3/t26?,27?,28-,29-,34+;21-,22-,23+;13-,14-;;/m100../s1. The molecule has 1 fully saturated rings. The molecule has 1 saturated heterocycles. The molecular weight excluding hydrogens is 1110 g/mol. The number of likely N-dealkylation sites (N-methyl/N-ethyl adjacent to an activating group) is 2. The fraction of sp³-hybridized carbons (Fsp3) is 0.600. The number of ether oxygens (including phenoxy) is 2. The summed E-state index contributed by atoms with van der Waals surface area (Å²) in [7, 11) is 3.74. The van der Waals surface area contributed by atoms with Gasteiger partial charge in [0, 0.05) is 69.0 Å². The third-order valence-electron chi connectivity index (χ3n) is 16.1. The molecule has 0 spiro atoms. The Kier molecular flexibility index (Phi) is 45.2. The fourth-order valence-corrected chi connectivity index (χ4v) is 11.5. The Labute approximate surface area is 550 Å². The molecule has 2 unspecified atom stereocenters. The zero-order valence-electron chi connectivity index (χ0n) is 60.6. The third kappa shape index (κ3) is 32.0. The van der Waals surface area contributed by atoms with E-state index in [0.717, 1.165) is 74.2 Å². The summed E-state index contributed by atoms with van der Waals surface area (Å²) < 4.78 is 12.1. The molecule has 90 heavy (non-hydrogen) atoms. The second-order valence-corrected chi connectivity index (χ2v) is 25.9. The van der Waals surface area contributed by atoms with Crippen LogP contribution in [-0.4, -0.2) is 90.5 Å². The van der Waals surface area contributed by atoms with Gasteiger partial charge in [0.05, 0.1) is 23.7 Å². The molecule has 10 atom stereocenters. The Morgan fingerprint density at radius 3 is 1.67 bits per heavy atom. The van der Waals surface area contributed by atoms with E-state index in [9.17, 15) is 24.0 Å². The van der Waals surface area contributed by atoms with Crippen LogP contribution in [0.25, 0.3) is 0 Å². The minimum atomic E-state index is -0.992. The second kappa shape index (κ2) is 47.5. The summed E-state index contributed by atoms with van der Waals surface area (Å²) in [6.45, 7) is 64.4. The normalized spacial score (nSPS) is 15.9. The van der Waals surface area contributed by atoms with E-state index in [0.29, 0.717) is 48.9 Å². The summed E-state index contributed by atoms with van der Waals surface area (Å²) in [5.41, 5.74) is 15.2. The van der Waals surface area contributed by atoms with Gasteiger partial charge in [-0.3, -0.25) is 24.0 Å². The van der Waals surface area contributed by atoms with Gasteiger partial charge in [-0.1, -0.05) is 210 Å². The summed E-state index contributed by atoms with van der Waals surface area (Å²) in [4.78, 5) is 67.9. The van der Waals surface area contributed by atoms with Crippen LogP contribution in [-0.2, 0) is 46.3 Å². The molecule has 0 radical (unpaired) electrons. The van der Waals surface area contributed by atoms with E-state index < -0.39 is 24.0 Å². The van der Waals surface area contributed by atoms with Gasteiger partial charge in [-0.25, -0.2) is 0 Å². The Morgan fingerprint density at radius 1 is 0.667 bits per heavy atom. The average Bonchev–Trinajstić information content (AvgIpc) is 1.47. The highest BCUT2D eigenvalue weighted by Crippen LogP contribution is 2.34. The smallest absolute Gasteiger partial charge is 0.313 e. The predicted octanol–water partition coefficient (Wildman–Crippen LogP) is 19.0. The van der Waals surface area contributed by atoms with Gasteiger partial charge in [-0.05, 0) is 130 Å². The molecule has 0 aromatic heterocycles. The van der Waals surface area contributed by atoms with Crippen molar-refractivity contribution < 1.29 is 33.4 Å². The molecule has 0 N–H and O–H groups in total. The van der Waals surface area contributed by atoms with Crippen molar-refractivity contribution in [1.29, 1.82) is 0 Å². The first kappa shape index (κ1) is 85.6. The molecule has 0 bridgehead atoms. The first-order chi connectivity index (χ1) is 42.5. The molecule has 0 aliphatic carbocycles. The number of anilines is 1. The van der Waals surface area contributed by atoms with Gasteiger partial charge in [0.2, 0.25) is 0 Å². The number of Topliss-reactive ketones (excluding diaryl/α,β-unsaturated/α-hetero) is 2. The molecule has 1 amide bonds. The molecule has 1 aliphatic rings. The Hall–Kier alpha value is -6.43. The fourth-order valence-electron chi connectivity index (χ4n) is 11.5. The summed E-state index contributed by atoms with van der Waals surface area (Å²) in [6, 6.07) is 17.8. The number of piperidine rings is 1. The highest BCUT2D eigenvalue weighted by molar-refractivity contribution is 5.91. The number of carbonyl (C=O) groups is 5. The van der Waals surface area contributed by atoms with E-state index in [1.807, 2.05) is 99.6 Å². The first-order valence-electron chi connectivity index (χ1n) is 33.9. The van der Waals surface area contributed by atoms with E-state index in [-0.39, 0.29) is 65.5 Å². The van der Waals surface area contributed by atoms with Crippen molar-refractivity contribution in [2.75, 3.05) is 32.1 Å². The van der Waals surface area contributed by atoms with Crippen molar-refractivity contribution in [1.82, 2.24) is 9.80 Å². The number of benzene rings is 2. The number of esters is 1. The lowest BCUT2D eigenvalue weighted by Crippen LogP contribution is -2.48. The van der Waals surface area contributed by atoms with Gasteiger partial charge in [-0.2, -0.15) is 0 Å². The lowest BCUT2D eigenvalue weighted by atomic mass is 9.88. The summed E-state index contributed by atoms with van der Waals surface area (Å²) in [5.74, 6) is 2.81. The molecule has 2 aromatic rings. The van der Waals surface area contributed by atoms with Crippen LogP contribution in [0.3, 0.4) is 0 Å². The molecule has 504 valence electrons. The molecule has 2 aromatic carbocycles. The molecular formula is C80H127N3O7. The van der Waals surface area contributed by atoms with Gasteiger partial charge in [0.1, 0.15) is 11.9 Å². The minimum Gasteiger partial charge on any atom is -0.480 e. The Balaban J connectivity index is 0. The number of ketones is 3. The zero-order chi connectivity index (χ0) is 69.4. The number of para-hydroxylation sites is 1. The maximum Gasteiger partial charge on any atom is 0.313 e. The zero-order valence-corrected chi connectivity index (χ0v) is 60.6. The number of hydrogen-bond donors (Lipinski definition) is 0. The molecule has 10 heteroatoms. The monoisotopic (exact) mass is 1240 g/mol. The summed E-state index contributed by atoms with van der Waals surface area (Å²) >= 11 is 0. The minimum absolute atomic E-state index is 0.0105. The average molecular weight is 1240 g/mol. The highest BCUT2D eigenvalue weighted by Gasteiger charge is 2.35. The first-order valence-corrected chi connectivity index (χ1v) is 33.9. The van der Waals surface area contributed by atoms with E-state index in [1.54, 1.807) is 19.2 Å². The molecule has 10 nitrogen and oxygen atoms in total. The molecule has 1 aliphatic heterocycles. The summed E-state index contributed by atoms with van der Waals surface area (Å²) in [6.07, 6.45) is 11.9. The maximum absolute atomic E-state index is 13.3. The SMILES string of the molecule is C=C=C(CC)[C@@H](C)OC(=C=C)[C@H](CC(C)C)N(C)C(=C=C)[C@H](C)Cc1ccccc1N1CC(C)CC(C)C1.C=CC(=O)[C@@H](CCCC(=O)[C@@H](C)C=C)CC(C)C.C=C[C@@H](CC(C)C)C(=O)O[C@H](Cc1ccccc1)C(=O)N(C)[C@@H](CC(C)C)C(C)=O.CC.CC. The lowest BCUT2D eigenvalue weighted by Gasteiger charge is -2.38. The van der Waals surface area contributed by atoms with Gasteiger partial charge in [-0.15, -0.1) is 24.6 Å². The van der Waals surface area contributed by atoms with Crippen molar-refractivity contribution in [2.24, 2.45) is 59.2 Å². The van der Waals surface area contributed by atoms with Gasteiger partial charge < -0.3 is 24.2 Å². The van der Waals surface area contributed by atoms with E-state index >= 15 is 0 Å². The van der Waals surface area contributed by atoms with Crippen LogP contribution in [0.2, 0.25) is 0 Å².